The summed E-state index contributed by atoms with van der Waals surface area (Å²) in [6, 6.07) is 102. The molecule has 99 heavy (non-hydrogen) atoms. The Bertz CT molecular complexity index is 5680. The third kappa shape index (κ3) is 10.4. The SMILES string of the molecule is CC(C)(C)c1cc(-c2ccc3c(c2)N(c2ccccc2-c2ccccc2)c2cc(-c4cc(C(C)(C)C)cc(C(C)(C)C)c4)cc4c2B3c2cc(-c3cccc(-n5c6ccccc6c6ccc7oc8ccccc8c7c65)n3)ccc2N4c2ccccc2-c2ccccc2)cc(C(C)(C)C)c1. The van der Waals surface area contributed by atoms with E-state index in [1.807, 2.05) is 6.07 Å². The van der Waals surface area contributed by atoms with Crippen LogP contribution in [-0.2, 0) is 21.7 Å². The summed E-state index contributed by atoms with van der Waals surface area (Å²) in [6.07, 6.45) is 0. The number of rotatable bonds is 8. The van der Waals surface area contributed by atoms with Crippen LogP contribution in [0.5, 0.6) is 0 Å². The Labute approximate surface area is 582 Å². The fourth-order valence-electron chi connectivity index (χ4n) is 15.6. The Kier molecular flexibility index (Phi) is 14.2. The first-order chi connectivity index (χ1) is 47.6. The average molecular weight is 1280 g/mol. The molecule has 2 aliphatic heterocycles. The number of furan rings is 1. The van der Waals surface area contributed by atoms with Crippen molar-refractivity contribution in [2.45, 2.75) is 105 Å². The molecule has 17 rings (SSSR count). The maximum atomic E-state index is 6.59. The lowest BCUT2D eigenvalue weighted by molar-refractivity contribution is 0.568. The van der Waals surface area contributed by atoms with Gasteiger partial charge in [0.2, 0.25) is 0 Å². The third-order valence-electron chi connectivity index (χ3n) is 21.0. The van der Waals surface area contributed by atoms with Gasteiger partial charge in [-0.2, -0.15) is 0 Å². The minimum Gasteiger partial charge on any atom is -0.456 e. The van der Waals surface area contributed by atoms with Crippen LogP contribution >= 0.6 is 0 Å². The van der Waals surface area contributed by atoms with Crippen molar-refractivity contribution in [3.63, 3.8) is 0 Å². The lowest BCUT2D eigenvalue weighted by Gasteiger charge is -2.45. The van der Waals surface area contributed by atoms with Crippen LogP contribution in [0.4, 0.5) is 34.1 Å². The summed E-state index contributed by atoms with van der Waals surface area (Å²) in [5.41, 5.74) is 30.5. The van der Waals surface area contributed by atoms with Crippen LogP contribution in [0.15, 0.2) is 277 Å². The molecule has 3 aromatic heterocycles. The van der Waals surface area contributed by atoms with Gasteiger partial charge in [0.1, 0.15) is 17.0 Å². The molecule has 0 N–H and O–H groups in total. The van der Waals surface area contributed by atoms with E-state index in [0.717, 1.165) is 117 Å². The van der Waals surface area contributed by atoms with Crippen LogP contribution < -0.4 is 26.2 Å². The van der Waals surface area contributed by atoms with E-state index in [1.165, 1.54) is 60.7 Å². The van der Waals surface area contributed by atoms with Crippen LogP contribution in [-0.4, -0.2) is 16.3 Å². The Hall–Kier alpha value is -10.9. The van der Waals surface area contributed by atoms with Crippen molar-refractivity contribution in [2.75, 3.05) is 9.80 Å². The summed E-state index contributed by atoms with van der Waals surface area (Å²) in [6.45, 7) is 27.9. The zero-order chi connectivity index (χ0) is 68.0. The summed E-state index contributed by atoms with van der Waals surface area (Å²) in [5, 5.41) is 4.50. The van der Waals surface area contributed by atoms with Crippen molar-refractivity contribution in [1.29, 1.82) is 0 Å². The number of anilines is 6. The van der Waals surface area contributed by atoms with Gasteiger partial charge >= 0.3 is 0 Å². The standard InChI is InChI=1S/C93H81BN4O/c1-90(2,3)65-48-62(49-66(56-65)91(4,5)6)60-42-45-74-81(53-60)97(78-38-24-20-33-70(78)59-30-17-14-18-31-59)83-55-64(63-50-67(92(7,8)9)57-68(51-63)93(10,11)12)54-82-88(83)94(74)75-52-61(43-46-80(75)96(82)77-37-23-19-32-69(77)58-28-15-13-16-29-58)76-36-27-41-86(95-76)98-79-39-25-21-34-71(79)72-44-47-85-87(89(72)98)73-35-22-26-40-84(73)99-85/h13-57H,1-12H3. The second-order valence-corrected chi connectivity index (χ2v) is 31.6. The summed E-state index contributed by atoms with van der Waals surface area (Å²) in [4.78, 5) is 11.0. The quantitative estimate of drug-likeness (QED) is 0.142. The van der Waals surface area contributed by atoms with E-state index in [2.05, 4.69) is 364 Å². The van der Waals surface area contributed by atoms with E-state index >= 15 is 0 Å². The molecule has 0 saturated carbocycles. The molecule has 12 aromatic carbocycles. The first kappa shape index (κ1) is 61.6. The Morgan fingerprint density at radius 2 is 0.808 bits per heavy atom. The zero-order valence-corrected chi connectivity index (χ0v) is 58.8. The van der Waals surface area contributed by atoms with Crippen molar-refractivity contribution in [2.24, 2.45) is 0 Å². The van der Waals surface area contributed by atoms with Crippen molar-refractivity contribution in [1.82, 2.24) is 9.55 Å². The van der Waals surface area contributed by atoms with E-state index in [9.17, 15) is 0 Å². The van der Waals surface area contributed by atoms with Gasteiger partial charge in [0, 0.05) is 50.0 Å². The number of hydrogen-bond donors (Lipinski definition) is 0. The number of nitrogens with zero attached hydrogens (tertiary/aromatic N) is 4. The van der Waals surface area contributed by atoms with Crippen molar-refractivity contribution in [3.05, 3.63) is 295 Å². The van der Waals surface area contributed by atoms with Gasteiger partial charge < -0.3 is 14.2 Å². The zero-order valence-electron chi connectivity index (χ0n) is 58.8. The van der Waals surface area contributed by atoms with Crippen LogP contribution in [0.3, 0.4) is 0 Å². The first-order valence-electron chi connectivity index (χ1n) is 35.1. The van der Waals surface area contributed by atoms with Gasteiger partial charge in [-0.15, -0.1) is 0 Å². The van der Waals surface area contributed by atoms with Crippen LogP contribution in [0.25, 0.3) is 105 Å². The number of para-hydroxylation sites is 4. The van der Waals surface area contributed by atoms with Crippen molar-refractivity contribution < 1.29 is 4.42 Å². The van der Waals surface area contributed by atoms with Crippen LogP contribution in [0.2, 0.25) is 0 Å². The predicted octanol–water partition coefficient (Wildman–Crippen LogP) is 23.7. The molecule has 0 unspecified atom stereocenters. The highest BCUT2D eigenvalue weighted by Crippen LogP contribution is 2.52. The molecule has 15 aromatic rings. The fraction of sp³-hybridized carbons (Fsp3) is 0.172. The van der Waals surface area contributed by atoms with Gasteiger partial charge in [0.05, 0.1) is 33.5 Å². The molecule has 0 bridgehead atoms. The highest BCUT2D eigenvalue weighted by atomic mass is 16.3. The fourth-order valence-corrected chi connectivity index (χ4v) is 15.6. The molecule has 0 amide bonds. The minimum atomic E-state index is -0.233. The number of hydrogen-bond acceptors (Lipinski definition) is 4. The second-order valence-electron chi connectivity index (χ2n) is 31.6. The molecule has 0 atom stereocenters. The van der Waals surface area contributed by atoms with Crippen LogP contribution in [0.1, 0.15) is 105 Å². The number of fused-ring (bicyclic) bond motifs is 11. The normalized spacial score (nSPS) is 13.2. The smallest absolute Gasteiger partial charge is 0.252 e. The summed E-state index contributed by atoms with van der Waals surface area (Å²) < 4.78 is 8.95. The first-order valence-corrected chi connectivity index (χ1v) is 35.1. The van der Waals surface area contributed by atoms with E-state index in [4.69, 9.17) is 9.40 Å². The Balaban J connectivity index is 0.981. The number of aromatic nitrogens is 2. The van der Waals surface area contributed by atoms with E-state index < -0.39 is 0 Å². The summed E-state index contributed by atoms with van der Waals surface area (Å²) >= 11 is 0. The molecule has 0 fully saturated rings. The topological polar surface area (TPSA) is 37.4 Å². The Morgan fingerprint density at radius 1 is 0.313 bits per heavy atom. The molecule has 5 heterocycles. The van der Waals surface area contributed by atoms with E-state index in [0.29, 0.717) is 0 Å². The maximum absolute atomic E-state index is 6.59. The van der Waals surface area contributed by atoms with Crippen LogP contribution in [0, 0.1) is 0 Å². The molecule has 0 radical (unpaired) electrons. The van der Waals surface area contributed by atoms with E-state index in [1.54, 1.807) is 0 Å². The van der Waals surface area contributed by atoms with Gasteiger partial charge in [-0.3, -0.25) is 4.57 Å². The predicted molar refractivity (Wildman–Crippen MR) is 422 cm³/mol. The van der Waals surface area contributed by atoms with Gasteiger partial charge in [0.25, 0.3) is 6.71 Å². The molecule has 0 aliphatic carbocycles. The molecule has 482 valence electrons. The molecule has 0 spiro atoms. The Morgan fingerprint density at radius 3 is 1.40 bits per heavy atom. The molecular weight excluding hydrogens is 1200 g/mol. The van der Waals surface area contributed by atoms with Gasteiger partial charge in [-0.1, -0.05) is 283 Å². The number of benzene rings is 12. The summed E-state index contributed by atoms with van der Waals surface area (Å²) in [5.74, 6) is 0.839. The minimum absolute atomic E-state index is 0.0820. The van der Waals surface area contributed by atoms with Gasteiger partial charge in [-0.25, -0.2) is 4.98 Å². The third-order valence-corrected chi connectivity index (χ3v) is 21.0. The monoisotopic (exact) mass is 1280 g/mol. The lowest BCUT2D eigenvalue weighted by Crippen LogP contribution is -2.61. The molecule has 5 nitrogen and oxygen atoms in total. The average Bonchev–Trinajstić information content (AvgIpc) is 1.07. The molecule has 6 heteroatoms. The number of pyridine rings is 1. The van der Waals surface area contributed by atoms with Crippen molar-refractivity contribution >= 4 is 101 Å². The highest BCUT2D eigenvalue weighted by Gasteiger charge is 2.45. The lowest BCUT2D eigenvalue weighted by atomic mass is 9.33. The maximum Gasteiger partial charge on any atom is 0.252 e. The molecular formula is C93H81BN4O. The molecule has 0 saturated heterocycles. The largest absolute Gasteiger partial charge is 0.456 e. The van der Waals surface area contributed by atoms with Gasteiger partial charge in [0.15, 0.2) is 0 Å². The van der Waals surface area contributed by atoms with Gasteiger partial charge in [-0.05, 0) is 172 Å². The second kappa shape index (κ2) is 22.8. The summed E-state index contributed by atoms with van der Waals surface area (Å²) in [7, 11) is 0. The highest BCUT2D eigenvalue weighted by molar-refractivity contribution is 7.00. The van der Waals surface area contributed by atoms with Crippen molar-refractivity contribution in [3.8, 4) is 61.6 Å². The molecule has 2 aliphatic rings. The van der Waals surface area contributed by atoms with E-state index in [-0.39, 0.29) is 28.4 Å².